The maximum atomic E-state index is 12.8. The highest BCUT2D eigenvalue weighted by molar-refractivity contribution is 7.92. The van der Waals surface area contributed by atoms with Gasteiger partial charge in [0.15, 0.2) is 0 Å². The zero-order valence-electron chi connectivity index (χ0n) is 16.0. The van der Waals surface area contributed by atoms with Gasteiger partial charge in [-0.2, -0.15) is 0 Å². The van der Waals surface area contributed by atoms with Crippen molar-refractivity contribution in [3.05, 3.63) is 64.6 Å². The van der Waals surface area contributed by atoms with Crippen LogP contribution in [0.25, 0.3) is 21.8 Å². The lowest BCUT2D eigenvalue weighted by Gasteiger charge is -2.10. The van der Waals surface area contributed by atoms with Gasteiger partial charge in [-0.1, -0.05) is 0 Å². The van der Waals surface area contributed by atoms with Crippen LogP contribution in [-0.2, 0) is 14.8 Å². The number of rotatable bonds is 5. The van der Waals surface area contributed by atoms with Crippen molar-refractivity contribution < 1.29 is 23.1 Å². The summed E-state index contributed by atoms with van der Waals surface area (Å²) in [6, 6.07) is 10.0. The molecule has 2 aromatic heterocycles. The van der Waals surface area contributed by atoms with Crippen LogP contribution in [0.2, 0.25) is 0 Å². The molecule has 1 amide bonds. The molecule has 4 aromatic rings. The summed E-state index contributed by atoms with van der Waals surface area (Å²) in [7, 11) is -3.96. The molecule has 0 aliphatic carbocycles. The molecule has 0 unspecified atom stereocenters. The number of benzene rings is 2. The lowest BCUT2D eigenvalue weighted by Crippen LogP contribution is -2.13. The van der Waals surface area contributed by atoms with Crippen LogP contribution < -0.4 is 15.6 Å². The summed E-state index contributed by atoms with van der Waals surface area (Å²) in [6.07, 6.45) is 1.22. The third-order valence-electron chi connectivity index (χ3n) is 4.61. The van der Waals surface area contributed by atoms with E-state index in [2.05, 4.69) is 20.0 Å². The van der Waals surface area contributed by atoms with Gasteiger partial charge in [0.1, 0.15) is 5.52 Å². The summed E-state index contributed by atoms with van der Waals surface area (Å²) in [5.41, 5.74) is 0.504. The number of carboxylic acid groups (broad SMARTS) is 1. The number of aromatic nitrogens is 2. The van der Waals surface area contributed by atoms with E-state index < -0.39 is 21.6 Å². The molecule has 5 N–H and O–H groups in total. The van der Waals surface area contributed by atoms with Gasteiger partial charge in [0.25, 0.3) is 15.6 Å². The van der Waals surface area contributed by atoms with E-state index in [1.165, 1.54) is 55.6 Å². The number of aromatic amines is 2. The second-order valence-electron chi connectivity index (χ2n) is 6.78. The molecule has 2 aromatic carbocycles. The van der Waals surface area contributed by atoms with Crippen molar-refractivity contribution in [2.24, 2.45) is 0 Å². The van der Waals surface area contributed by atoms with Gasteiger partial charge in [-0.05, 0) is 42.5 Å². The zero-order chi connectivity index (χ0) is 22.3. The Morgan fingerprint density at radius 1 is 1.03 bits per heavy atom. The Hall–Kier alpha value is -4.12. The van der Waals surface area contributed by atoms with Crippen molar-refractivity contribution in [3.8, 4) is 0 Å². The molecular formula is C20H16N4O6S. The second kappa shape index (κ2) is 7.29. The van der Waals surface area contributed by atoms with Crippen LogP contribution in [0.1, 0.15) is 17.3 Å². The lowest BCUT2D eigenvalue weighted by molar-refractivity contribution is -0.114. The van der Waals surface area contributed by atoms with Crippen LogP contribution in [0.5, 0.6) is 0 Å². The first-order valence-corrected chi connectivity index (χ1v) is 10.4. The summed E-state index contributed by atoms with van der Waals surface area (Å²) in [5.74, 6) is -1.50. The molecule has 0 radical (unpaired) electrons. The van der Waals surface area contributed by atoms with Crippen LogP contribution in [-0.4, -0.2) is 35.4 Å². The molecule has 11 heteroatoms. The summed E-state index contributed by atoms with van der Waals surface area (Å²) < 4.78 is 28.0. The minimum atomic E-state index is -3.96. The number of H-pyrrole nitrogens is 2. The molecule has 158 valence electrons. The van der Waals surface area contributed by atoms with Gasteiger partial charge in [0.2, 0.25) is 5.91 Å². The average molecular weight is 440 g/mol. The molecule has 0 aliphatic heterocycles. The van der Waals surface area contributed by atoms with Gasteiger partial charge in [-0.25, -0.2) is 13.2 Å². The number of sulfonamides is 1. The largest absolute Gasteiger partial charge is 0.478 e. The standard InChI is InChI=1S/C20H16N4O6S/c1-10(25)22-11-2-5-13(6-3-11)31(29,30)24-12-4-7-16-14(8-12)17-15(20(27)28)9-21-18(17)19(26)23-16/h2-9,21,24H,1H3,(H,22,25)(H,23,26)(H,27,28). The molecule has 0 spiro atoms. The Morgan fingerprint density at radius 2 is 1.71 bits per heavy atom. The molecular weight excluding hydrogens is 424 g/mol. The third kappa shape index (κ3) is 3.73. The second-order valence-corrected chi connectivity index (χ2v) is 8.47. The fourth-order valence-corrected chi connectivity index (χ4v) is 4.34. The number of hydrogen-bond acceptors (Lipinski definition) is 5. The molecule has 0 saturated heterocycles. The monoisotopic (exact) mass is 440 g/mol. The minimum absolute atomic E-state index is 0.0267. The van der Waals surface area contributed by atoms with Crippen molar-refractivity contribution in [3.63, 3.8) is 0 Å². The first-order chi connectivity index (χ1) is 14.7. The highest BCUT2D eigenvalue weighted by Gasteiger charge is 2.18. The number of carbonyl (C=O) groups is 2. The Morgan fingerprint density at radius 3 is 2.35 bits per heavy atom. The van der Waals surface area contributed by atoms with Gasteiger partial charge in [0, 0.05) is 40.8 Å². The van der Waals surface area contributed by atoms with Crippen molar-refractivity contribution in [1.82, 2.24) is 9.97 Å². The van der Waals surface area contributed by atoms with Gasteiger partial charge >= 0.3 is 5.97 Å². The Labute approximate surface area is 175 Å². The molecule has 0 saturated carbocycles. The number of pyridine rings is 1. The molecule has 2 heterocycles. The summed E-state index contributed by atoms with van der Waals surface area (Å²) in [4.78, 5) is 40.1. The van der Waals surface area contributed by atoms with E-state index in [1.54, 1.807) is 0 Å². The van der Waals surface area contributed by atoms with Crippen molar-refractivity contribution in [1.29, 1.82) is 0 Å². The van der Waals surface area contributed by atoms with E-state index in [4.69, 9.17) is 0 Å². The van der Waals surface area contributed by atoms with E-state index >= 15 is 0 Å². The van der Waals surface area contributed by atoms with Crippen molar-refractivity contribution in [2.75, 3.05) is 10.0 Å². The molecule has 0 aliphatic rings. The summed E-state index contributed by atoms with van der Waals surface area (Å²) >= 11 is 0. The highest BCUT2D eigenvalue weighted by Crippen LogP contribution is 2.28. The van der Waals surface area contributed by atoms with E-state index in [0.717, 1.165) is 0 Å². The third-order valence-corrected chi connectivity index (χ3v) is 6.01. The van der Waals surface area contributed by atoms with Crippen LogP contribution >= 0.6 is 0 Å². The Kier molecular flexibility index (Phi) is 4.74. The van der Waals surface area contributed by atoms with Gasteiger partial charge < -0.3 is 20.4 Å². The van der Waals surface area contributed by atoms with E-state index in [9.17, 15) is 27.9 Å². The SMILES string of the molecule is CC(=O)Nc1ccc(S(=O)(=O)Nc2ccc3[nH]c(=O)c4[nH]cc(C(=O)O)c4c3c2)cc1. The number of anilines is 2. The Bertz CT molecular complexity index is 1520. The Balaban J connectivity index is 1.76. The number of aromatic carboxylic acids is 1. The van der Waals surface area contributed by atoms with Gasteiger partial charge in [-0.15, -0.1) is 0 Å². The first-order valence-electron chi connectivity index (χ1n) is 8.96. The fraction of sp³-hybridized carbons (Fsp3) is 0.0500. The number of carbonyl (C=O) groups excluding carboxylic acids is 1. The predicted molar refractivity (Wildman–Crippen MR) is 115 cm³/mol. The van der Waals surface area contributed by atoms with Crippen LogP contribution in [0.3, 0.4) is 0 Å². The summed E-state index contributed by atoms with van der Waals surface area (Å²) in [5, 5.41) is 12.5. The molecule has 31 heavy (non-hydrogen) atoms. The number of fused-ring (bicyclic) bond motifs is 3. The molecule has 0 atom stereocenters. The van der Waals surface area contributed by atoms with E-state index in [0.29, 0.717) is 16.6 Å². The van der Waals surface area contributed by atoms with Crippen molar-refractivity contribution >= 4 is 55.1 Å². The topological polar surface area (TPSA) is 161 Å². The first kappa shape index (κ1) is 20.2. The van der Waals surface area contributed by atoms with Crippen molar-refractivity contribution in [2.45, 2.75) is 11.8 Å². The summed E-state index contributed by atoms with van der Waals surface area (Å²) in [6.45, 7) is 1.34. The quantitative estimate of drug-likeness (QED) is 0.320. The highest BCUT2D eigenvalue weighted by atomic mass is 32.2. The maximum absolute atomic E-state index is 12.8. The fourth-order valence-electron chi connectivity index (χ4n) is 3.29. The average Bonchev–Trinajstić information content (AvgIpc) is 3.15. The molecule has 0 fully saturated rings. The van der Waals surface area contributed by atoms with Gasteiger partial charge in [-0.3, -0.25) is 14.3 Å². The minimum Gasteiger partial charge on any atom is -0.478 e. The van der Waals surface area contributed by atoms with Crippen LogP contribution in [0, 0.1) is 0 Å². The number of hydrogen-bond donors (Lipinski definition) is 5. The maximum Gasteiger partial charge on any atom is 0.337 e. The van der Waals surface area contributed by atoms with Crippen LogP contribution in [0.4, 0.5) is 11.4 Å². The van der Waals surface area contributed by atoms with Crippen LogP contribution in [0.15, 0.2) is 58.4 Å². The smallest absolute Gasteiger partial charge is 0.337 e. The predicted octanol–water partition coefficient (Wildman–Crippen LogP) is 2.47. The molecule has 4 rings (SSSR count). The van der Waals surface area contributed by atoms with E-state index in [-0.39, 0.29) is 33.0 Å². The number of carboxylic acids is 1. The van der Waals surface area contributed by atoms with E-state index in [1.807, 2.05) is 0 Å². The zero-order valence-corrected chi connectivity index (χ0v) is 16.8. The molecule has 10 nitrogen and oxygen atoms in total. The number of amides is 1. The lowest BCUT2D eigenvalue weighted by atomic mass is 10.1. The van der Waals surface area contributed by atoms with Gasteiger partial charge in [0.05, 0.1) is 10.5 Å². The normalized spacial score (nSPS) is 11.5. The number of nitrogens with one attached hydrogen (secondary N) is 4. The molecule has 0 bridgehead atoms.